The van der Waals surface area contributed by atoms with E-state index in [9.17, 15) is 9.18 Å². The fourth-order valence-electron chi connectivity index (χ4n) is 3.47. The third-order valence-corrected chi connectivity index (χ3v) is 4.58. The first-order valence-electron chi connectivity index (χ1n) is 8.05. The van der Waals surface area contributed by atoms with Crippen molar-refractivity contribution in [1.29, 1.82) is 0 Å². The molecule has 1 amide bonds. The molecule has 3 nitrogen and oxygen atoms in total. The molecule has 2 heterocycles. The van der Waals surface area contributed by atoms with E-state index < -0.39 is 0 Å². The quantitative estimate of drug-likeness (QED) is 0.852. The second-order valence-corrected chi connectivity index (χ2v) is 6.11. The molecule has 0 bridgehead atoms. The van der Waals surface area contributed by atoms with Crippen molar-refractivity contribution in [2.75, 3.05) is 18.1 Å². The van der Waals surface area contributed by atoms with Gasteiger partial charge in [-0.1, -0.05) is 24.3 Å². The van der Waals surface area contributed by atoms with Crippen LogP contribution in [0.3, 0.4) is 0 Å². The maximum absolute atomic E-state index is 14.2. The van der Waals surface area contributed by atoms with Crippen LogP contribution in [0.2, 0.25) is 0 Å². The van der Waals surface area contributed by atoms with Crippen molar-refractivity contribution in [2.24, 2.45) is 0 Å². The van der Waals surface area contributed by atoms with Crippen molar-refractivity contribution in [1.82, 2.24) is 0 Å². The van der Waals surface area contributed by atoms with Gasteiger partial charge in [-0.15, -0.1) is 0 Å². The predicted octanol–water partition coefficient (Wildman–Crippen LogP) is 3.28. The van der Waals surface area contributed by atoms with E-state index in [4.69, 9.17) is 4.74 Å². The highest BCUT2D eigenvalue weighted by Gasteiger charge is 2.25. The Kier molecular flexibility index (Phi) is 3.52. The van der Waals surface area contributed by atoms with Gasteiger partial charge in [0.1, 0.15) is 11.6 Å². The van der Waals surface area contributed by atoms with E-state index in [2.05, 4.69) is 0 Å². The molecule has 0 saturated heterocycles. The normalized spacial score (nSPS) is 15.8. The van der Waals surface area contributed by atoms with Crippen LogP contribution in [-0.2, 0) is 24.1 Å². The molecule has 2 aromatic rings. The second kappa shape index (κ2) is 5.69. The van der Waals surface area contributed by atoms with Crippen LogP contribution in [0.1, 0.15) is 23.1 Å². The summed E-state index contributed by atoms with van der Waals surface area (Å²) >= 11 is 0. The zero-order chi connectivity index (χ0) is 15.8. The lowest BCUT2D eigenvalue weighted by Crippen LogP contribution is -2.37. The van der Waals surface area contributed by atoms with Gasteiger partial charge in [0.2, 0.25) is 5.91 Å². The van der Waals surface area contributed by atoms with Gasteiger partial charge in [0.15, 0.2) is 0 Å². The minimum Gasteiger partial charge on any atom is -0.493 e. The number of benzene rings is 2. The van der Waals surface area contributed by atoms with E-state index in [1.54, 1.807) is 11.0 Å². The van der Waals surface area contributed by atoms with Gasteiger partial charge in [-0.25, -0.2) is 4.39 Å². The van der Waals surface area contributed by atoms with Crippen molar-refractivity contribution in [3.8, 4) is 5.75 Å². The molecule has 0 spiro atoms. The Bertz CT molecular complexity index is 772. The van der Waals surface area contributed by atoms with Gasteiger partial charge in [-0.3, -0.25) is 4.79 Å². The minimum atomic E-state index is -0.307. The highest BCUT2D eigenvalue weighted by atomic mass is 19.1. The fourth-order valence-corrected chi connectivity index (χ4v) is 3.47. The number of carbonyl (C=O) groups is 1. The maximum Gasteiger partial charge on any atom is 0.231 e. The average Bonchev–Trinajstić information content (AvgIpc) is 3.02. The molecule has 0 atom stereocenters. The molecule has 2 aromatic carbocycles. The van der Waals surface area contributed by atoms with Crippen LogP contribution in [0.4, 0.5) is 10.1 Å². The van der Waals surface area contributed by atoms with Crippen LogP contribution in [0, 0.1) is 5.82 Å². The SMILES string of the molecule is O=C(Cc1ccc2c(c1)CCO2)N1CCCc2cccc(F)c21. The molecule has 0 radical (unpaired) electrons. The number of anilines is 1. The largest absolute Gasteiger partial charge is 0.493 e. The molecule has 2 aliphatic rings. The Hall–Kier alpha value is -2.36. The average molecular weight is 311 g/mol. The molecule has 118 valence electrons. The number of fused-ring (bicyclic) bond motifs is 2. The van der Waals surface area contributed by atoms with E-state index in [0.29, 0.717) is 25.3 Å². The van der Waals surface area contributed by atoms with Crippen LogP contribution in [0.5, 0.6) is 5.75 Å². The first-order valence-corrected chi connectivity index (χ1v) is 8.05. The molecule has 0 unspecified atom stereocenters. The summed E-state index contributed by atoms with van der Waals surface area (Å²) in [7, 11) is 0. The fraction of sp³-hybridized carbons (Fsp3) is 0.316. The van der Waals surface area contributed by atoms with E-state index in [1.807, 2.05) is 24.3 Å². The van der Waals surface area contributed by atoms with Crippen molar-refractivity contribution < 1.29 is 13.9 Å². The molecule has 0 N–H and O–H groups in total. The van der Waals surface area contributed by atoms with Crippen molar-refractivity contribution >= 4 is 11.6 Å². The number of hydrogen-bond donors (Lipinski definition) is 0. The Balaban J connectivity index is 1.59. The number of rotatable bonds is 2. The van der Waals surface area contributed by atoms with E-state index >= 15 is 0 Å². The summed E-state index contributed by atoms with van der Waals surface area (Å²) in [6.45, 7) is 1.29. The summed E-state index contributed by atoms with van der Waals surface area (Å²) in [6.07, 6.45) is 2.88. The van der Waals surface area contributed by atoms with Gasteiger partial charge in [0.05, 0.1) is 18.7 Å². The number of hydrogen-bond acceptors (Lipinski definition) is 2. The molecule has 23 heavy (non-hydrogen) atoms. The molecule has 0 aromatic heterocycles. The van der Waals surface area contributed by atoms with Gasteiger partial charge in [0, 0.05) is 13.0 Å². The van der Waals surface area contributed by atoms with Crippen LogP contribution < -0.4 is 9.64 Å². The van der Waals surface area contributed by atoms with E-state index in [-0.39, 0.29) is 11.7 Å². The predicted molar refractivity (Wildman–Crippen MR) is 86.4 cm³/mol. The number of para-hydroxylation sites is 1. The minimum absolute atomic E-state index is 0.0464. The Morgan fingerprint density at radius 2 is 2.09 bits per heavy atom. The molecule has 4 heteroatoms. The van der Waals surface area contributed by atoms with Crippen LogP contribution >= 0.6 is 0 Å². The number of amides is 1. The molecule has 2 aliphatic heterocycles. The van der Waals surface area contributed by atoms with Crippen LogP contribution in [0.15, 0.2) is 36.4 Å². The summed E-state index contributed by atoms with van der Waals surface area (Å²) in [5.41, 5.74) is 3.50. The summed E-state index contributed by atoms with van der Waals surface area (Å²) < 4.78 is 19.7. The number of halogens is 1. The molecular weight excluding hydrogens is 293 g/mol. The maximum atomic E-state index is 14.2. The van der Waals surface area contributed by atoms with Gasteiger partial charge in [-0.2, -0.15) is 0 Å². The first-order chi connectivity index (χ1) is 11.2. The standard InChI is InChI=1S/C19H18FNO2/c20-16-5-1-3-14-4-2-9-21(19(14)16)18(22)12-13-6-7-17-15(11-13)8-10-23-17/h1,3,5-7,11H,2,4,8-10,12H2. The van der Waals surface area contributed by atoms with Gasteiger partial charge in [-0.05, 0) is 41.7 Å². The summed E-state index contributed by atoms with van der Waals surface area (Å²) in [5.74, 6) is 0.559. The molecule has 0 saturated carbocycles. The van der Waals surface area contributed by atoms with E-state index in [1.165, 1.54) is 6.07 Å². The number of ether oxygens (including phenoxy) is 1. The van der Waals surface area contributed by atoms with Crippen LogP contribution in [-0.4, -0.2) is 19.1 Å². The highest BCUT2D eigenvalue weighted by Crippen LogP contribution is 2.31. The molecular formula is C19H18FNO2. The lowest BCUT2D eigenvalue weighted by Gasteiger charge is -2.30. The molecule has 0 fully saturated rings. The highest BCUT2D eigenvalue weighted by molar-refractivity contribution is 5.96. The lowest BCUT2D eigenvalue weighted by atomic mass is 10.00. The summed E-state index contributed by atoms with van der Waals surface area (Å²) in [4.78, 5) is 14.3. The van der Waals surface area contributed by atoms with Crippen molar-refractivity contribution in [2.45, 2.75) is 25.7 Å². The smallest absolute Gasteiger partial charge is 0.231 e. The van der Waals surface area contributed by atoms with Gasteiger partial charge < -0.3 is 9.64 Å². The van der Waals surface area contributed by atoms with Crippen molar-refractivity contribution in [3.63, 3.8) is 0 Å². The summed E-state index contributed by atoms with van der Waals surface area (Å²) in [6, 6.07) is 10.9. The Labute approximate surface area is 134 Å². The zero-order valence-corrected chi connectivity index (χ0v) is 12.8. The lowest BCUT2D eigenvalue weighted by molar-refractivity contribution is -0.118. The second-order valence-electron chi connectivity index (χ2n) is 6.11. The topological polar surface area (TPSA) is 29.5 Å². The van der Waals surface area contributed by atoms with Gasteiger partial charge >= 0.3 is 0 Å². The molecule has 0 aliphatic carbocycles. The number of aryl methyl sites for hydroxylation is 1. The Morgan fingerprint density at radius 1 is 1.17 bits per heavy atom. The van der Waals surface area contributed by atoms with E-state index in [0.717, 1.165) is 41.7 Å². The third-order valence-electron chi connectivity index (χ3n) is 4.58. The monoisotopic (exact) mass is 311 g/mol. The Morgan fingerprint density at radius 3 is 3.00 bits per heavy atom. The third kappa shape index (κ3) is 2.58. The zero-order valence-electron chi connectivity index (χ0n) is 12.8. The first kappa shape index (κ1) is 14.2. The molecule has 4 rings (SSSR count). The number of nitrogens with zero attached hydrogens (tertiary/aromatic N) is 1. The van der Waals surface area contributed by atoms with Crippen LogP contribution in [0.25, 0.3) is 0 Å². The van der Waals surface area contributed by atoms with Gasteiger partial charge in [0.25, 0.3) is 0 Å². The number of carbonyl (C=O) groups excluding carboxylic acids is 1. The van der Waals surface area contributed by atoms with Crippen molar-refractivity contribution in [3.05, 3.63) is 58.9 Å². The summed E-state index contributed by atoms with van der Waals surface area (Å²) in [5, 5.41) is 0.